The Hall–Kier alpha value is -2.89. The fourth-order valence-corrected chi connectivity index (χ4v) is 3.55. The minimum Gasteiger partial charge on any atom is -0.371 e. The third-order valence-corrected chi connectivity index (χ3v) is 5.38. The van der Waals surface area contributed by atoms with Crippen LogP contribution in [-0.2, 0) is 0 Å². The van der Waals surface area contributed by atoms with Gasteiger partial charge in [0.25, 0.3) is 11.8 Å². The van der Waals surface area contributed by atoms with Crippen molar-refractivity contribution in [3.8, 4) is 0 Å². The molecule has 0 aromatic heterocycles. The third kappa shape index (κ3) is 5.59. The highest BCUT2D eigenvalue weighted by Crippen LogP contribution is 2.29. The Labute approximate surface area is 177 Å². The van der Waals surface area contributed by atoms with Crippen LogP contribution in [0.2, 0.25) is 0 Å². The molecule has 160 valence electrons. The van der Waals surface area contributed by atoms with E-state index >= 15 is 0 Å². The molecule has 0 saturated carbocycles. The molecule has 1 heterocycles. The Kier molecular flexibility index (Phi) is 7.08. The summed E-state index contributed by atoms with van der Waals surface area (Å²) in [5.41, 5.74) is 2.16. The van der Waals surface area contributed by atoms with E-state index in [2.05, 4.69) is 22.5 Å². The first-order chi connectivity index (χ1) is 14.3. The first kappa shape index (κ1) is 21.8. The summed E-state index contributed by atoms with van der Waals surface area (Å²) in [6.07, 6.45) is 2.18. The van der Waals surface area contributed by atoms with E-state index in [1.54, 1.807) is 18.2 Å². The summed E-state index contributed by atoms with van der Waals surface area (Å²) < 4.78 is 13.4. The lowest BCUT2D eigenvalue weighted by Crippen LogP contribution is -2.35. The lowest BCUT2D eigenvalue weighted by Gasteiger charge is -2.33. The Morgan fingerprint density at radius 3 is 2.50 bits per heavy atom. The van der Waals surface area contributed by atoms with Crippen LogP contribution in [0.25, 0.3) is 0 Å². The maximum Gasteiger partial charge on any atom is 0.255 e. The first-order valence-corrected chi connectivity index (χ1v) is 10.6. The molecule has 2 aromatic carbocycles. The van der Waals surface area contributed by atoms with Crippen LogP contribution in [0, 0.1) is 17.7 Å². The molecule has 2 amide bonds. The molecule has 1 fully saturated rings. The van der Waals surface area contributed by atoms with Gasteiger partial charge in [0.15, 0.2) is 0 Å². The average molecular weight is 412 g/mol. The molecule has 5 nitrogen and oxygen atoms in total. The van der Waals surface area contributed by atoms with E-state index in [-0.39, 0.29) is 11.5 Å². The van der Waals surface area contributed by atoms with E-state index in [0.29, 0.717) is 29.6 Å². The van der Waals surface area contributed by atoms with Gasteiger partial charge in [-0.2, -0.15) is 0 Å². The van der Waals surface area contributed by atoms with E-state index in [0.717, 1.165) is 31.6 Å². The number of rotatable bonds is 6. The molecule has 1 saturated heterocycles. The number of anilines is 2. The molecule has 2 N–H and O–H groups in total. The van der Waals surface area contributed by atoms with Gasteiger partial charge >= 0.3 is 0 Å². The predicted molar refractivity (Wildman–Crippen MR) is 119 cm³/mol. The van der Waals surface area contributed by atoms with Gasteiger partial charge in [0.2, 0.25) is 0 Å². The van der Waals surface area contributed by atoms with Crippen molar-refractivity contribution in [2.75, 3.05) is 29.9 Å². The van der Waals surface area contributed by atoms with Crippen LogP contribution < -0.4 is 15.5 Å². The molecule has 0 unspecified atom stereocenters. The molecule has 2 aromatic rings. The molecule has 1 aliphatic rings. The number of nitrogens with one attached hydrogen (secondary N) is 2. The highest BCUT2D eigenvalue weighted by Gasteiger charge is 2.22. The summed E-state index contributed by atoms with van der Waals surface area (Å²) in [4.78, 5) is 27.7. The molecule has 1 aliphatic heterocycles. The quantitative estimate of drug-likeness (QED) is 0.724. The molecule has 0 atom stereocenters. The molecule has 6 heteroatoms. The van der Waals surface area contributed by atoms with Crippen LogP contribution in [0.15, 0.2) is 42.5 Å². The highest BCUT2D eigenvalue weighted by atomic mass is 19.1. The van der Waals surface area contributed by atoms with Gasteiger partial charge in [-0.15, -0.1) is 0 Å². The van der Waals surface area contributed by atoms with Gasteiger partial charge in [0.05, 0.1) is 5.56 Å². The van der Waals surface area contributed by atoms with E-state index in [1.165, 1.54) is 18.2 Å². The molecule has 30 heavy (non-hydrogen) atoms. The summed E-state index contributed by atoms with van der Waals surface area (Å²) in [6.45, 7) is 8.72. The van der Waals surface area contributed by atoms with Crippen molar-refractivity contribution < 1.29 is 14.0 Å². The minimum atomic E-state index is -0.467. The van der Waals surface area contributed by atoms with E-state index < -0.39 is 11.7 Å². The second-order valence-corrected chi connectivity index (χ2v) is 8.47. The number of hydrogen-bond acceptors (Lipinski definition) is 3. The molecule has 3 rings (SSSR count). The normalized spacial score (nSPS) is 14.6. The van der Waals surface area contributed by atoms with E-state index in [9.17, 15) is 14.0 Å². The fourth-order valence-electron chi connectivity index (χ4n) is 3.55. The zero-order valence-electron chi connectivity index (χ0n) is 17.9. The largest absolute Gasteiger partial charge is 0.371 e. The first-order valence-electron chi connectivity index (χ1n) is 10.6. The van der Waals surface area contributed by atoms with Crippen LogP contribution in [0.1, 0.15) is 54.3 Å². The van der Waals surface area contributed by atoms with Crippen molar-refractivity contribution in [2.24, 2.45) is 11.8 Å². The molecule has 0 radical (unpaired) electrons. The van der Waals surface area contributed by atoms with Crippen molar-refractivity contribution in [1.82, 2.24) is 5.32 Å². The zero-order valence-corrected chi connectivity index (χ0v) is 17.9. The second kappa shape index (κ2) is 9.74. The van der Waals surface area contributed by atoms with Crippen LogP contribution in [-0.4, -0.2) is 31.4 Å². The van der Waals surface area contributed by atoms with E-state index in [1.807, 2.05) is 19.9 Å². The molecule has 0 spiro atoms. The SMILES string of the molecule is CC(C)CNC(=O)c1cc(NC(=O)c2cccc(F)c2)ccc1N1CCC(C)CC1. The standard InChI is InChI=1S/C24H30FN3O2/c1-16(2)15-26-24(30)21-14-20(27-23(29)18-5-4-6-19(25)13-18)7-8-22(21)28-11-9-17(3)10-12-28/h4-8,13-14,16-17H,9-12,15H2,1-3H3,(H,26,30)(H,27,29). The number of nitrogens with zero attached hydrogens (tertiary/aromatic N) is 1. The summed E-state index contributed by atoms with van der Waals surface area (Å²) in [6, 6.07) is 10.9. The number of amides is 2. The zero-order chi connectivity index (χ0) is 21.7. The lowest BCUT2D eigenvalue weighted by atomic mass is 9.97. The summed E-state index contributed by atoms with van der Waals surface area (Å²) in [7, 11) is 0. The van der Waals surface area contributed by atoms with Gasteiger partial charge < -0.3 is 15.5 Å². The Balaban J connectivity index is 1.85. The summed E-state index contributed by atoms with van der Waals surface area (Å²) in [5.74, 6) is -0.0127. The number of halogens is 1. The van der Waals surface area contributed by atoms with Gasteiger partial charge in [-0.1, -0.05) is 26.8 Å². The van der Waals surface area contributed by atoms with Gasteiger partial charge in [0, 0.05) is 36.6 Å². The van der Waals surface area contributed by atoms with Crippen molar-refractivity contribution in [2.45, 2.75) is 33.6 Å². The Morgan fingerprint density at radius 1 is 1.10 bits per heavy atom. The fraction of sp³-hybridized carbons (Fsp3) is 0.417. The summed E-state index contributed by atoms with van der Waals surface area (Å²) >= 11 is 0. The second-order valence-electron chi connectivity index (χ2n) is 8.47. The topological polar surface area (TPSA) is 61.4 Å². The number of carbonyl (C=O) groups excluding carboxylic acids is 2. The maximum absolute atomic E-state index is 13.4. The van der Waals surface area contributed by atoms with Gasteiger partial charge in [-0.3, -0.25) is 9.59 Å². The van der Waals surface area contributed by atoms with Gasteiger partial charge in [0.1, 0.15) is 5.82 Å². The molecule has 0 aliphatic carbocycles. The van der Waals surface area contributed by atoms with Crippen LogP contribution in [0.4, 0.5) is 15.8 Å². The highest BCUT2D eigenvalue weighted by molar-refractivity contribution is 6.06. The van der Waals surface area contributed by atoms with Gasteiger partial charge in [-0.05, 0) is 61.1 Å². The number of piperidine rings is 1. The lowest BCUT2D eigenvalue weighted by molar-refractivity contribution is 0.0948. The van der Waals surface area contributed by atoms with Crippen LogP contribution in [0.3, 0.4) is 0 Å². The van der Waals surface area contributed by atoms with Crippen LogP contribution >= 0.6 is 0 Å². The molecular weight excluding hydrogens is 381 g/mol. The van der Waals surface area contributed by atoms with Crippen LogP contribution in [0.5, 0.6) is 0 Å². The van der Waals surface area contributed by atoms with Gasteiger partial charge in [-0.25, -0.2) is 4.39 Å². The maximum atomic E-state index is 13.4. The molecule has 0 bridgehead atoms. The van der Waals surface area contributed by atoms with E-state index in [4.69, 9.17) is 0 Å². The van der Waals surface area contributed by atoms with Crippen molar-refractivity contribution in [1.29, 1.82) is 0 Å². The third-order valence-electron chi connectivity index (χ3n) is 5.38. The number of hydrogen-bond donors (Lipinski definition) is 2. The van der Waals surface area contributed by atoms with Crippen molar-refractivity contribution >= 4 is 23.2 Å². The van der Waals surface area contributed by atoms with Crippen molar-refractivity contribution in [3.05, 3.63) is 59.4 Å². The average Bonchev–Trinajstić information content (AvgIpc) is 2.72. The Bertz CT molecular complexity index is 905. The summed E-state index contributed by atoms with van der Waals surface area (Å²) in [5, 5.41) is 5.76. The monoisotopic (exact) mass is 411 g/mol. The predicted octanol–water partition coefficient (Wildman–Crippen LogP) is 4.70. The number of benzene rings is 2. The number of carbonyl (C=O) groups is 2. The molecular formula is C24H30FN3O2. The minimum absolute atomic E-state index is 0.154. The smallest absolute Gasteiger partial charge is 0.255 e. The van der Waals surface area contributed by atoms with Crippen molar-refractivity contribution in [3.63, 3.8) is 0 Å². The Morgan fingerprint density at radius 2 is 1.83 bits per heavy atom.